The first-order valence-corrected chi connectivity index (χ1v) is 25.7. The number of imidazole rings is 1. The van der Waals surface area contributed by atoms with Gasteiger partial charge in [-0.2, -0.15) is 13.2 Å². The zero-order valence-corrected chi connectivity index (χ0v) is 44.8. The maximum Gasteiger partial charge on any atom is 0.410 e. The number of nitrogens with zero attached hydrogens (tertiary/aromatic N) is 4. The van der Waals surface area contributed by atoms with Crippen molar-refractivity contribution >= 4 is 53.0 Å². The van der Waals surface area contributed by atoms with E-state index in [-0.39, 0.29) is 74.0 Å². The molecule has 75 heavy (non-hydrogen) atoms. The van der Waals surface area contributed by atoms with E-state index in [1.165, 1.54) is 18.1 Å². The first kappa shape index (κ1) is 58.3. The minimum Gasteiger partial charge on any atom is -0.469 e. The second-order valence-electron chi connectivity index (χ2n) is 20.5. The molecular weight excluding hydrogens is 1020 g/mol. The zero-order valence-electron chi connectivity index (χ0n) is 43.3. The molecule has 21 heteroatoms. The van der Waals surface area contributed by atoms with E-state index in [1.54, 1.807) is 54.4 Å². The van der Waals surface area contributed by atoms with Crippen LogP contribution in [0.4, 0.5) is 22.4 Å². The van der Waals surface area contributed by atoms with E-state index in [4.69, 9.17) is 37.4 Å². The van der Waals surface area contributed by atoms with E-state index in [0.29, 0.717) is 35.0 Å². The summed E-state index contributed by atoms with van der Waals surface area (Å²) < 4.78 is 80.6. The lowest BCUT2D eigenvalue weighted by molar-refractivity contribution is -0.165. The van der Waals surface area contributed by atoms with E-state index < -0.39 is 77.5 Å². The first-order valence-electron chi connectivity index (χ1n) is 24.9. The van der Waals surface area contributed by atoms with Gasteiger partial charge in [0.15, 0.2) is 0 Å². The van der Waals surface area contributed by atoms with E-state index in [2.05, 4.69) is 20.4 Å². The third-order valence-electron chi connectivity index (χ3n) is 13.5. The van der Waals surface area contributed by atoms with Crippen molar-refractivity contribution in [2.45, 2.75) is 128 Å². The normalized spacial score (nSPS) is 17.3. The topological polar surface area (TPSA) is 171 Å². The minimum absolute atomic E-state index is 0.0322. The second-order valence-corrected chi connectivity index (χ2v) is 21.4. The molecule has 1 saturated carbocycles. The molecule has 0 unspecified atom stereocenters. The summed E-state index contributed by atoms with van der Waals surface area (Å²) >= 11 is 12.5. The summed E-state index contributed by atoms with van der Waals surface area (Å²) in [6.07, 6.45) is -2.02. The number of nitrogens with one attached hydrogen (secondary N) is 2. The van der Waals surface area contributed by atoms with Crippen molar-refractivity contribution in [3.05, 3.63) is 99.7 Å². The molecular formula is C54H66Cl2F4N6O9. The molecule has 4 atom stereocenters. The zero-order chi connectivity index (χ0) is 54.8. The average Bonchev–Trinajstić information content (AvgIpc) is 3.68. The highest BCUT2D eigenvalue weighted by molar-refractivity contribution is 6.31. The highest BCUT2D eigenvalue weighted by Crippen LogP contribution is 2.36. The van der Waals surface area contributed by atoms with Crippen LogP contribution in [0.5, 0.6) is 11.5 Å². The molecule has 2 N–H and O–H groups in total. The van der Waals surface area contributed by atoms with Gasteiger partial charge >= 0.3 is 18.2 Å². The monoisotopic (exact) mass is 1090 g/mol. The van der Waals surface area contributed by atoms with Crippen molar-refractivity contribution in [2.75, 3.05) is 33.9 Å². The van der Waals surface area contributed by atoms with Gasteiger partial charge in [-0.1, -0.05) is 42.3 Å². The number of aromatic nitrogens is 2. The van der Waals surface area contributed by atoms with Gasteiger partial charge in [-0.25, -0.2) is 14.2 Å². The molecule has 1 aromatic heterocycles. The number of likely N-dealkylation sites (tertiary alicyclic amines) is 1. The lowest BCUT2D eigenvalue weighted by Gasteiger charge is -2.45. The number of halogens is 6. The van der Waals surface area contributed by atoms with Gasteiger partial charge in [0, 0.05) is 60.4 Å². The van der Waals surface area contributed by atoms with Gasteiger partial charge in [-0.3, -0.25) is 24.1 Å². The van der Waals surface area contributed by atoms with Gasteiger partial charge in [0.1, 0.15) is 34.8 Å². The fourth-order valence-electron chi connectivity index (χ4n) is 9.29. The number of alkyl halides is 3. The molecule has 1 aliphatic heterocycles. The van der Waals surface area contributed by atoms with Crippen LogP contribution in [-0.4, -0.2) is 112 Å². The van der Waals surface area contributed by atoms with E-state index in [0.717, 1.165) is 43.7 Å². The van der Waals surface area contributed by atoms with Crippen LogP contribution in [0.15, 0.2) is 66.9 Å². The van der Waals surface area contributed by atoms with Crippen molar-refractivity contribution in [3.8, 4) is 22.8 Å². The molecule has 1 saturated heterocycles. The Kier molecular flexibility index (Phi) is 19.7. The quantitative estimate of drug-likeness (QED) is 0.0605. The molecule has 15 nitrogen and oxygen atoms in total. The van der Waals surface area contributed by atoms with Gasteiger partial charge in [-0.05, 0) is 126 Å². The molecule has 4 aromatic rings. The van der Waals surface area contributed by atoms with Crippen LogP contribution < -0.4 is 15.4 Å². The van der Waals surface area contributed by atoms with Crippen molar-refractivity contribution in [3.63, 3.8) is 0 Å². The number of carbonyl (C=O) groups is 5. The number of hydrogen-bond donors (Lipinski definition) is 2. The van der Waals surface area contributed by atoms with Gasteiger partial charge in [0.2, 0.25) is 17.7 Å². The van der Waals surface area contributed by atoms with Crippen LogP contribution in [0.25, 0.3) is 11.3 Å². The van der Waals surface area contributed by atoms with Gasteiger partial charge in [0.25, 0.3) is 0 Å². The summed E-state index contributed by atoms with van der Waals surface area (Å²) in [6, 6.07) is 15.3. The molecule has 3 aromatic carbocycles. The molecule has 0 spiro atoms. The third-order valence-corrected chi connectivity index (χ3v) is 13.9. The van der Waals surface area contributed by atoms with Crippen LogP contribution in [0.2, 0.25) is 10.0 Å². The Morgan fingerprint density at radius 2 is 1.64 bits per heavy atom. The lowest BCUT2D eigenvalue weighted by Crippen LogP contribution is -2.64. The van der Waals surface area contributed by atoms with Crippen LogP contribution >= 0.6 is 23.2 Å². The van der Waals surface area contributed by atoms with Gasteiger partial charge in [-0.15, -0.1) is 0 Å². The van der Waals surface area contributed by atoms with Crippen molar-refractivity contribution < 1.29 is 60.5 Å². The van der Waals surface area contributed by atoms with Crippen molar-refractivity contribution in [1.82, 2.24) is 30.0 Å². The SMILES string of the molecule is COC[C@H](NC(=O)[C@H](C)CCc1c(F)cc(Cl)cc1Oc1ccc(-c2cnc(CN(C(=O)OC(C)(C)C)C3CCC3)n2C)cc1)C(=O)N[C@@]1(Cc2ccc(Cl)cc2)CCCN(C(=O)[C@@H](CC(=O)OC)CC(F)(F)F)C1. The summed E-state index contributed by atoms with van der Waals surface area (Å²) in [4.78, 5) is 74.8. The van der Waals surface area contributed by atoms with E-state index >= 15 is 4.39 Å². The number of amides is 4. The molecule has 1 aliphatic carbocycles. The first-order chi connectivity index (χ1) is 35.4. The second kappa shape index (κ2) is 25.3. The van der Waals surface area contributed by atoms with Gasteiger partial charge < -0.3 is 39.0 Å². The number of carbonyl (C=O) groups excluding carboxylic acids is 5. The smallest absolute Gasteiger partial charge is 0.410 e. The largest absolute Gasteiger partial charge is 0.469 e. The van der Waals surface area contributed by atoms with Crippen LogP contribution in [0.3, 0.4) is 0 Å². The molecule has 0 radical (unpaired) electrons. The predicted molar refractivity (Wildman–Crippen MR) is 273 cm³/mol. The highest BCUT2D eigenvalue weighted by atomic mass is 35.5. The molecule has 0 bridgehead atoms. The Hall–Kier alpha value is -5.92. The summed E-state index contributed by atoms with van der Waals surface area (Å²) in [5, 5.41) is 6.30. The number of ether oxygens (including phenoxy) is 4. The Morgan fingerprint density at radius 3 is 2.25 bits per heavy atom. The summed E-state index contributed by atoms with van der Waals surface area (Å²) in [6.45, 7) is 7.01. The third kappa shape index (κ3) is 16.3. The van der Waals surface area contributed by atoms with Crippen molar-refractivity contribution in [2.24, 2.45) is 18.9 Å². The number of methoxy groups -OCH3 is 2. The number of esters is 1. The minimum atomic E-state index is -4.76. The van der Waals surface area contributed by atoms with Crippen LogP contribution in [0, 0.1) is 17.7 Å². The van der Waals surface area contributed by atoms with E-state index in [1.807, 2.05) is 44.5 Å². The molecule has 2 heterocycles. The molecule has 2 fully saturated rings. The van der Waals surface area contributed by atoms with Crippen molar-refractivity contribution in [1.29, 1.82) is 0 Å². The fraction of sp³-hybridized carbons (Fsp3) is 0.519. The summed E-state index contributed by atoms with van der Waals surface area (Å²) in [5.41, 5.74) is 0.595. The van der Waals surface area contributed by atoms with E-state index in [9.17, 15) is 37.1 Å². The predicted octanol–water partition coefficient (Wildman–Crippen LogP) is 10.2. The Labute approximate surface area is 444 Å². The summed E-state index contributed by atoms with van der Waals surface area (Å²) in [5.74, 6) is -5.09. The number of hydrogen-bond acceptors (Lipinski definition) is 10. The number of rotatable bonds is 21. The number of benzene rings is 3. The molecule has 6 rings (SSSR count). The highest BCUT2D eigenvalue weighted by Gasteiger charge is 2.44. The van der Waals surface area contributed by atoms with Gasteiger partial charge in [0.05, 0.1) is 56.5 Å². The molecule has 4 amide bonds. The van der Waals surface area contributed by atoms with Crippen LogP contribution in [0.1, 0.15) is 96.0 Å². The Morgan fingerprint density at radius 1 is 0.947 bits per heavy atom. The lowest BCUT2D eigenvalue weighted by atomic mass is 9.82. The standard InChI is InChI=1S/C54H66Cl2F4N6O9/c1-33(48(68)62-43(31-72-6)49(69)63-53(27-34-13-17-37(55)18-14-34)22-9-23-65(32-53)50(70)36(24-47(67)73-7)28-54(58,59)60)12-21-41-42(57)25-38(56)26-45(41)74-40-19-15-35(16-20-40)44-29-61-46(64(44)5)30-66(39-10-8-11-39)51(71)75-52(2,3)4/h13-20,25-26,29,33,36,39,43H,8-12,21-24,27-28,30-32H2,1-7H3,(H,62,68)(H,63,69)/t33-,36+,43+,53-/m1/s1. The Balaban J connectivity index is 1.12. The maximum atomic E-state index is 15.7. The Bertz CT molecular complexity index is 2640. The average molecular weight is 1090 g/mol. The summed E-state index contributed by atoms with van der Waals surface area (Å²) in [7, 11) is 4.24. The van der Waals surface area contributed by atoms with Crippen LogP contribution in [-0.2, 0) is 59.8 Å². The fourth-order valence-corrected chi connectivity index (χ4v) is 9.61. The molecule has 408 valence electrons. The number of piperidine rings is 1. The maximum absolute atomic E-state index is 15.7. The molecule has 2 aliphatic rings.